The number of fused-ring (bicyclic) bond motifs is 1. The van der Waals surface area contributed by atoms with Gasteiger partial charge in [0.25, 0.3) is 0 Å². The summed E-state index contributed by atoms with van der Waals surface area (Å²) in [6, 6.07) is 5.91. The molecule has 0 aromatic heterocycles. The predicted molar refractivity (Wildman–Crippen MR) is 61.7 cm³/mol. The summed E-state index contributed by atoms with van der Waals surface area (Å²) in [5.41, 5.74) is 2.15. The number of aliphatic hydroxyl groups is 1. The summed E-state index contributed by atoms with van der Waals surface area (Å²) in [4.78, 5) is 0. The molecular formula is C13H18O3. The standard InChI is InChI=1S/C13H18O3/c1-9(15-2)7-12(14)10-3-4-13-11(8-10)5-6-16-13/h3-4,8-9,12,14H,5-7H2,1-2H3. The average Bonchev–Trinajstić information content (AvgIpc) is 2.75. The van der Waals surface area contributed by atoms with Crippen molar-refractivity contribution in [1.29, 1.82) is 0 Å². The van der Waals surface area contributed by atoms with Crippen LogP contribution in [0, 0.1) is 0 Å². The van der Waals surface area contributed by atoms with Gasteiger partial charge >= 0.3 is 0 Å². The van der Waals surface area contributed by atoms with Crippen LogP contribution in [0.5, 0.6) is 5.75 Å². The van der Waals surface area contributed by atoms with Crippen molar-refractivity contribution in [2.75, 3.05) is 13.7 Å². The van der Waals surface area contributed by atoms with E-state index in [1.54, 1.807) is 7.11 Å². The number of hydrogen-bond donors (Lipinski definition) is 1. The molecule has 1 aromatic carbocycles. The molecule has 0 aliphatic carbocycles. The summed E-state index contributed by atoms with van der Waals surface area (Å²) in [5.74, 6) is 0.954. The van der Waals surface area contributed by atoms with E-state index in [-0.39, 0.29) is 6.10 Å². The molecule has 88 valence electrons. The molecule has 1 aliphatic heterocycles. The molecule has 0 saturated carbocycles. The van der Waals surface area contributed by atoms with Crippen molar-refractivity contribution >= 4 is 0 Å². The first-order chi connectivity index (χ1) is 7.70. The lowest BCUT2D eigenvalue weighted by atomic mass is 10.0. The lowest BCUT2D eigenvalue weighted by molar-refractivity contribution is 0.0559. The molecule has 0 spiro atoms. The van der Waals surface area contributed by atoms with Gasteiger partial charge in [0, 0.05) is 20.0 Å². The summed E-state index contributed by atoms with van der Waals surface area (Å²) in [5, 5.41) is 10.0. The van der Waals surface area contributed by atoms with Crippen LogP contribution < -0.4 is 4.74 Å². The normalized spacial score (nSPS) is 17.7. The van der Waals surface area contributed by atoms with Gasteiger partial charge in [-0.1, -0.05) is 6.07 Å². The van der Waals surface area contributed by atoms with Gasteiger partial charge in [-0.3, -0.25) is 0 Å². The highest BCUT2D eigenvalue weighted by Crippen LogP contribution is 2.29. The third-order valence-corrected chi connectivity index (χ3v) is 3.06. The minimum absolute atomic E-state index is 0.0690. The molecule has 0 amide bonds. The highest BCUT2D eigenvalue weighted by Gasteiger charge is 2.16. The molecule has 3 heteroatoms. The molecule has 1 aliphatic rings. The van der Waals surface area contributed by atoms with E-state index in [1.807, 2.05) is 25.1 Å². The van der Waals surface area contributed by atoms with E-state index < -0.39 is 6.10 Å². The molecule has 1 aromatic rings. The molecule has 2 rings (SSSR count). The maximum atomic E-state index is 10.0. The highest BCUT2D eigenvalue weighted by atomic mass is 16.5. The first kappa shape index (κ1) is 11.4. The summed E-state index contributed by atoms with van der Waals surface area (Å²) in [7, 11) is 1.66. The monoisotopic (exact) mass is 222 g/mol. The molecule has 0 fully saturated rings. The minimum atomic E-state index is -0.458. The zero-order valence-electron chi connectivity index (χ0n) is 9.77. The second-order valence-corrected chi connectivity index (χ2v) is 4.26. The van der Waals surface area contributed by atoms with Crippen LogP contribution in [0.3, 0.4) is 0 Å². The number of aliphatic hydroxyl groups excluding tert-OH is 1. The van der Waals surface area contributed by atoms with Crippen LogP contribution in [0.15, 0.2) is 18.2 Å². The zero-order valence-corrected chi connectivity index (χ0v) is 9.77. The van der Waals surface area contributed by atoms with Crippen molar-refractivity contribution in [3.8, 4) is 5.75 Å². The Morgan fingerprint density at radius 3 is 3.06 bits per heavy atom. The van der Waals surface area contributed by atoms with Crippen LogP contribution in [-0.4, -0.2) is 24.9 Å². The van der Waals surface area contributed by atoms with Gasteiger partial charge in [-0.05, 0) is 30.2 Å². The van der Waals surface area contributed by atoms with Crippen LogP contribution in [0.1, 0.15) is 30.6 Å². The van der Waals surface area contributed by atoms with Crippen molar-refractivity contribution in [2.45, 2.75) is 32.0 Å². The molecule has 1 N–H and O–H groups in total. The second kappa shape index (κ2) is 4.85. The fraction of sp³-hybridized carbons (Fsp3) is 0.538. The van der Waals surface area contributed by atoms with Gasteiger partial charge in [-0.15, -0.1) is 0 Å². The predicted octanol–water partition coefficient (Wildman–Crippen LogP) is 2.08. The quantitative estimate of drug-likeness (QED) is 0.847. The summed E-state index contributed by atoms with van der Waals surface area (Å²) >= 11 is 0. The molecule has 0 radical (unpaired) electrons. The average molecular weight is 222 g/mol. The van der Waals surface area contributed by atoms with Gasteiger partial charge in [0.2, 0.25) is 0 Å². The van der Waals surface area contributed by atoms with Gasteiger partial charge in [0.05, 0.1) is 18.8 Å². The molecule has 16 heavy (non-hydrogen) atoms. The zero-order chi connectivity index (χ0) is 11.5. The maximum absolute atomic E-state index is 10.0. The molecule has 3 nitrogen and oxygen atoms in total. The van der Waals surface area contributed by atoms with E-state index >= 15 is 0 Å². The van der Waals surface area contributed by atoms with E-state index in [4.69, 9.17) is 9.47 Å². The van der Waals surface area contributed by atoms with Gasteiger partial charge in [0.15, 0.2) is 0 Å². The van der Waals surface area contributed by atoms with Crippen molar-refractivity contribution in [2.24, 2.45) is 0 Å². The van der Waals surface area contributed by atoms with Crippen molar-refractivity contribution < 1.29 is 14.6 Å². The lowest BCUT2D eigenvalue weighted by Crippen LogP contribution is -2.11. The summed E-state index contributed by atoms with van der Waals surface area (Å²) < 4.78 is 10.6. The fourth-order valence-electron chi connectivity index (χ4n) is 1.96. The number of hydrogen-bond acceptors (Lipinski definition) is 3. The largest absolute Gasteiger partial charge is 0.493 e. The van der Waals surface area contributed by atoms with Crippen molar-refractivity contribution in [3.05, 3.63) is 29.3 Å². The van der Waals surface area contributed by atoms with Gasteiger partial charge in [0.1, 0.15) is 5.75 Å². The van der Waals surface area contributed by atoms with E-state index in [9.17, 15) is 5.11 Å². The number of ether oxygens (including phenoxy) is 2. The van der Waals surface area contributed by atoms with E-state index in [0.29, 0.717) is 6.42 Å². The molecular weight excluding hydrogens is 204 g/mol. The van der Waals surface area contributed by atoms with Crippen LogP contribution in [-0.2, 0) is 11.2 Å². The Hall–Kier alpha value is -1.06. The van der Waals surface area contributed by atoms with E-state index in [1.165, 1.54) is 5.56 Å². The Morgan fingerprint density at radius 1 is 1.50 bits per heavy atom. The summed E-state index contributed by atoms with van der Waals surface area (Å²) in [6.07, 6.45) is 1.17. The second-order valence-electron chi connectivity index (χ2n) is 4.26. The molecule has 0 saturated heterocycles. The smallest absolute Gasteiger partial charge is 0.122 e. The van der Waals surface area contributed by atoms with Crippen molar-refractivity contribution in [1.82, 2.24) is 0 Å². The van der Waals surface area contributed by atoms with Gasteiger partial charge < -0.3 is 14.6 Å². The van der Waals surface area contributed by atoms with Gasteiger partial charge in [-0.25, -0.2) is 0 Å². The lowest BCUT2D eigenvalue weighted by Gasteiger charge is -2.16. The Morgan fingerprint density at radius 2 is 2.31 bits per heavy atom. The van der Waals surface area contributed by atoms with Crippen molar-refractivity contribution in [3.63, 3.8) is 0 Å². The first-order valence-corrected chi connectivity index (χ1v) is 5.67. The number of benzene rings is 1. The molecule has 2 atom stereocenters. The Balaban J connectivity index is 2.09. The number of methoxy groups -OCH3 is 1. The highest BCUT2D eigenvalue weighted by molar-refractivity contribution is 5.40. The van der Waals surface area contributed by atoms with Crippen LogP contribution in [0.2, 0.25) is 0 Å². The van der Waals surface area contributed by atoms with Gasteiger partial charge in [-0.2, -0.15) is 0 Å². The third kappa shape index (κ3) is 2.36. The van der Waals surface area contributed by atoms with E-state index in [2.05, 4.69) is 0 Å². The molecule has 1 heterocycles. The Kier molecular flexibility index (Phi) is 3.46. The minimum Gasteiger partial charge on any atom is -0.493 e. The molecule has 0 bridgehead atoms. The third-order valence-electron chi connectivity index (χ3n) is 3.06. The maximum Gasteiger partial charge on any atom is 0.122 e. The van der Waals surface area contributed by atoms with Crippen LogP contribution in [0.4, 0.5) is 0 Å². The fourth-order valence-corrected chi connectivity index (χ4v) is 1.96. The van der Waals surface area contributed by atoms with E-state index in [0.717, 1.165) is 24.3 Å². The topological polar surface area (TPSA) is 38.7 Å². The number of rotatable bonds is 4. The first-order valence-electron chi connectivity index (χ1n) is 5.67. The Bertz CT molecular complexity index is 362. The summed E-state index contributed by atoms with van der Waals surface area (Å²) in [6.45, 7) is 2.71. The Labute approximate surface area is 96.0 Å². The van der Waals surface area contributed by atoms with Crippen LogP contribution in [0.25, 0.3) is 0 Å². The van der Waals surface area contributed by atoms with Crippen LogP contribution >= 0.6 is 0 Å². The molecule has 2 unspecified atom stereocenters. The SMILES string of the molecule is COC(C)CC(O)c1ccc2c(c1)CCO2.